The number of nitrogens with zero attached hydrogens (tertiary/aromatic N) is 2. The molecule has 122 valence electrons. The van der Waals surface area contributed by atoms with Gasteiger partial charge in [0.15, 0.2) is 0 Å². The highest BCUT2D eigenvalue weighted by atomic mass is 79.9. The standard InChI is InChI=1S/C15H16Br2N4O2/c16-11-5-9(6-12(17)14(11)18)13-7-21(15(23)19-13)10-1-3-20(8-22)4-2-10/h5-8,10H,1-4,18H2,(H,19,23). The molecule has 3 N–H and O–H groups in total. The maximum Gasteiger partial charge on any atom is 0.326 e. The molecule has 0 saturated carbocycles. The maximum absolute atomic E-state index is 12.3. The first kappa shape index (κ1) is 16.3. The second-order valence-electron chi connectivity index (χ2n) is 5.61. The summed E-state index contributed by atoms with van der Waals surface area (Å²) < 4.78 is 3.28. The van der Waals surface area contributed by atoms with Crippen LogP contribution in [0.2, 0.25) is 0 Å². The van der Waals surface area contributed by atoms with Gasteiger partial charge < -0.3 is 15.6 Å². The lowest BCUT2D eigenvalue weighted by atomic mass is 10.1. The number of H-pyrrole nitrogens is 1. The summed E-state index contributed by atoms with van der Waals surface area (Å²) in [6, 6.07) is 3.87. The zero-order valence-corrected chi connectivity index (χ0v) is 15.4. The van der Waals surface area contributed by atoms with Gasteiger partial charge in [-0.05, 0) is 56.8 Å². The molecule has 0 bridgehead atoms. The molecule has 0 spiro atoms. The minimum atomic E-state index is -0.131. The molecule has 0 aliphatic carbocycles. The lowest BCUT2D eigenvalue weighted by Crippen LogP contribution is -2.35. The largest absolute Gasteiger partial charge is 0.397 e. The van der Waals surface area contributed by atoms with Crippen LogP contribution in [-0.2, 0) is 4.79 Å². The minimum absolute atomic E-state index is 0.115. The number of likely N-dealkylation sites (tertiary alicyclic amines) is 1. The highest BCUT2D eigenvalue weighted by molar-refractivity contribution is 9.11. The molecule has 1 amide bonds. The summed E-state index contributed by atoms with van der Waals surface area (Å²) in [5, 5.41) is 0. The molecule has 2 aromatic rings. The zero-order chi connectivity index (χ0) is 16.6. The highest BCUT2D eigenvalue weighted by Crippen LogP contribution is 2.33. The van der Waals surface area contributed by atoms with Crippen molar-refractivity contribution in [1.82, 2.24) is 14.5 Å². The van der Waals surface area contributed by atoms with E-state index < -0.39 is 0 Å². The minimum Gasteiger partial charge on any atom is -0.397 e. The van der Waals surface area contributed by atoms with Crippen molar-refractivity contribution >= 4 is 44.0 Å². The Bertz CT molecular complexity index is 768. The van der Waals surface area contributed by atoms with Crippen molar-refractivity contribution < 1.29 is 4.79 Å². The number of carbonyl (C=O) groups is 1. The zero-order valence-electron chi connectivity index (χ0n) is 12.3. The lowest BCUT2D eigenvalue weighted by molar-refractivity contribution is -0.119. The molecule has 3 rings (SSSR count). The number of hydrogen-bond acceptors (Lipinski definition) is 3. The topological polar surface area (TPSA) is 84.1 Å². The van der Waals surface area contributed by atoms with Gasteiger partial charge in [-0.3, -0.25) is 9.36 Å². The molecule has 1 saturated heterocycles. The number of carbonyl (C=O) groups excluding carboxylic acids is 1. The number of anilines is 1. The van der Waals surface area contributed by atoms with Gasteiger partial charge in [0, 0.05) is 39.8 Å². The fourth-order valence-electron chi connectivity index (χ4n) is 2.84. The van der Waals surface area contributed by atoms with Crippen molar-refractivity contribution in [2.75, 3.05) is 18.8 Å². The van der Waals surface area contributed by atoms with Crippen LogP contribution in [0, 0.1) is 0 Å². The lowest BCUT2D eigenvalue weighted by Gasteiger charge is -2.29. The van der Waals surface area contributed by atoms with Crippen LogP contribution >= 0.6 is 31.9 Å². The molecule has 1 aromatic heterocycles. The number of amides is 1. The van der Waals surface area contributed by atoms with Gasteiger partial charge in [-0.1, -0.05) is 0 Å². The molecule has 1 aliphatic heterocycles. The fraction of sp³-hybridized carbons (Fsp3) is 0.333. The number of piperidine rings is 1. The Morgan fingerprint density at radius 1 is 1.22 bits per heavy atom. The number of benzene rings is 1. The van der Waals surface area contributed by atoms with Gasteiger partial charge in [0.1, 0.15) is 0 Å². The van der Waals surface area contributed by atoms with Gasteiger partial charge in [-0.15, -0.1) is 0 Å². The van der Waals surface area contributed by atoms with E-state index in [9.17, 15) is 9.59 Å². The van der Waals surface area contributed by atoms with Gasteiger partial charge in [-0.2, -0.15) is 0 Å². The molecule has 1 aromatic carbocycles. The number of aromatic amines is 1. The molecule has 0 unspecified atom stereocenters. The SMILES string of the molecule is Nc1c(Br)cc(-c2cn(C3CCN(C=O)CC3)c(=O)[nH]2)cc1Br. The second-order valence-corrected chi connectivity index (χ2v) is 7.31. The van der Waals surface area contributed by atoms with Crippen molar-refractivity contribution in [3.63, 3.8) is 0 Å². The van der Waals surface area contributed by atoms with Gasteiger partial charge in [0.25, 0.3) is 0 Å². The monoisotopic (exact) mass is 442 g/mol. The molecule has 8 heteroatoms. The number of nitrogens with two attached hydrogens (primary N) is 1. The Kier molecular flexibility index (Phi) is 4.63. The average molecular weight is 444 g/mol. The van der Waals surface area contributed by atoms with Gasteiger partial charge in [0.05, 0.1) is 11.4 Å². The van der Waals surface area contributed by atoms with Crippen LogP contribution in [0.4, 0.5) is 5.69 Å². The van der Waals surface area contributed by atoms with Crippen molar-refractivity contribution in [3.8, 4) is 11.3 Å². The Morgan fingerprint density at radius 3 is 2.39 bits per heavy atom. The smallest absolute Gasteiger partial charge is 0.326 e. The van der Waals surface area contributed by atoms with E-state index in [1.165, 1.54) is 0 Å². The number of halogens is 2. The summed E-state index contributed by atoms with van der Waals surface area (Å²) in [6.45, 7) is 1.36. The van der Waals surface area contributed by atoms with Crippen molar-refractivity contribution in [3.05, 3.63) is 37.8 Å². The van der Waals surface area contributed by atoms with Crippen LogP contribution in [0.1, 0.15) is 18.9 Å². The van der Waals surface area contributed by atoms with E-state index in [0.29, 0.717) is 18.8 Å². The molecular formula is C15H16Br2N4O2. The molecule has 0 radical (unpaired) electrons. The van der Waals surface area contributed by atoms with E-state index in [1.54, 1.807) is 9.47 Å². The molecule has 1 aliphatic rings. The second kappa shape index (κ2) is 6.52. The van der Waals surface area contributed by atoms with Crippen molar-refractivity contribution in [1.29, 1.82) is 0 Å². The molecule has 6 nitrogen and oxygen atoms in total. The van der Waals surface area contributed by atoms with Crippen LogP contribution in [0.5, 0.6) is 0 Å². The Morgan fingerprint density at radius 2 is 1.83 bits per heavy atom. The van der Waals surface area contributed by atoms with Gasteiger partial charge in [-0.25, -0.2) is 4.79 Å². The van der Waals surface area contributed by atoms with E-state index in [-0.39, 0.29) is 11.7 Å². The van der Waals surface area contributed by atoms with Crippen molar-refractivity contribution in [2.24, 2.45) is 0 Å². The van der Waals surface area contributed by atoms with Crippen LogP contribution in [0.3, 0.4) is 0 Å². The first-order valence-corrected chi connectivity index (χ1v) is 8.83. The quantitative estimate of drug-likeness (QED) is 0.565. The molecule has 0 atom stereocenters. The first-order chi connectivity index (χ1) is 11.0. The number of rotatable bonds is 3. The highest BCUT2D eigenvalue weighted by Gasteiger charge is 2.21. The third kappa shape index (κ3) is 3.23. The van der Waals surface area contributed by atoms with Crippen molar-refractivity contribution in [2.45, 2.75) is 18.9 Å². The van der Waals surface area contributed by atoms with E-state index in [0.717, 1.165) is 39.5 Å². The number of imidazole rings is 1. The Balaban J connectivity index is 1.90. The Hall–Kier alpha value is -1.54. The molecular weight excluding hydrogens is 428 g/mol. The summed E-state index contributed by atoms with van der Waals surface area (Å²) in [5.41, 5.74) is 8.01. The number of hydrogen-bond donors (Lipinski definition) is 2. The normalized spacial score (nSPS) is 15.8. The molecule has 23 heavy (non-hydrogen) atoms. The number of aromatic nitrogens is 2. The van der Waals surface area contributed by atoms with Crippen LogP contribution in [0.15, 0.2) is 32.1 Å². The molecule has 2 heterocycles. The summed E-state index contributed by atoms with van der Waals surface area (Å²) in [4.78, 5) is 27.7. The first-order valence-electron chi connectivity index (χ1n) is 7.25. The molecule has 1 fully saturated rings. The Labute approximate surface area is 149 Å². The third-order valence-corrected chi connectivity index (χ3v) is 5.49. The third-order valence-electron chi connectivity index (χ3n) is 4.18. The summed E-state index contributed by atoms with van der Waals surface area (Å²) >= 11 is 6.84. The van der Waals surface area contributed by atoms with E-state index >= 15 is 0 Å². The van der Waals surface area contributed by atoms with Gasteiger partial charge >= 0.3 is 5.69 Å². The predicted octanol–water partition coefficient (Wildman–Crippen LogP) is 2.74. The van der Waals surface area contributed by atoms with Crippen LogP contribution in [-0.4, -0.2) is 34.0 Å². The van der Waals surface area contributed by atoms with E-state index in [1.807, 2.05) is 18.3 Å². The predicted molar refractivity (Wildman–Crippen MR) is 96.2 cm³/mol. The maximum atomic E-state index is 12.3. The summed E-state index contributed by atoms with van der Waals surface area (Å²) in [5.74, 6) is 0. The van der Waals surface area contributed by atoms with E-state index in [2.05, 4.69) is 36.8 Å². The van der Waals surface area contributed by atoms with Crippen LogP contribution in [0.25, 0.3) is 11.3 Å². The summed E-state index contributed by atoms with van der Waals surface area (Å²) in [6.07, 6.45) is 4.27. The number of nitrogens with one attached hydrogen (secondary N) is 1. The van der Waals surface area contributed by atoms with E-state index in [4.69, 9.17) is 5.73 Å². The van der Waals surface area contributed by atoms with Gasteiger partial charge in [0.2, 0.25) is 6.41 Å². The fourth-order valence-corrected chi connectivity index (χ4v) is 4.02. The number of nitrogen functional groups attached to an aromatic ring is 1. The van der Waals surface area contributed by atoms with Crippen LogP contribution < -0.4 is 11.4 Å². The summed E-state index contributed by atoms with van der Waals surface area (Å²) in [7, 11) is 0. The average Bonchev–Trinajstić information content (AvgIpc) is 2.94.